The Hall–Kier alpha value is -1.62. The van der Waals surface area contributed by atoms with Gasteiger partial charge in [-0.25, -0.2) is 4.79 Å². The van der Waals surface area contributed by atoms with Crippen LogP contribution in [0.2, 0.25) is 0 Å². The smallest absolute Gasteiger partial charge is 0.335 e. The fourth-order valence-corrected chi connectivity index (χ4v) is 1.98. The lowest BCUT2D eigenvalue weighted by Crippen LogP contribution is -2.26. The van der Waals surface area contributed by atoms with Crippen molar-refractivity contribution < 1.29 is 4.79 Å². The Balaban J connectivity index is 2.90. The van der Waals surface area contributed by atoms with Crippen molar-refractivity contribution in [1.82, 2.24) is 3.96 Å². The molecule has 2 aromatic rings. The fraction of sp³-hybridized carbons (Fsp3) is 0. The second-order valence-electron chi connectivity index (χ2n) is 2.53. The molecule has 0 atom stereocenters. The highest BCUT2D eigenvalue weighted by atomic mass is 32.1. The minimum atomic E-state index is -0.730. The molecule has 66 valence electrons. The molecule has 0 aliphatic carbocycles. The molecule has 1 amide bonds. The van der Waals surface area contributed by atoms with E-state index in [2.05, 4.69) is 0 Å². The van der Waals surface area contributed by atoms with Crippen molar-refractivity contribution in [1.29, 1.82) is 0 Å². The van der Waals surface area contributed by atoms with E-state index in [0.29, 0.717) is 5.39 Å². The highest BCUT2D eigenvalue weighted by Gasteiger charge is 2.09. The number of hydrogen-bond acceptors (Lipinski definition) is 3. The number of hydrogen-bond donors (Lipinski definition) is 1. The number of nitrogens with two attached hydrogens (primary N) is 1. The maximum Gasteiger partial charge on any atom is 0.335 e. The van der Waals surface area contributed by atoms with Crippen LogP contribution in [0.3, 0.4) is 0 Å². The number of rotatable bonds is 0. The van der Waals surface area contributed by atoms with E-state index in [4.69, 9.17) is 5.73 Å². The number of nitrogens with zero attached hydrogens (tertiary/aromatic N) is 1. The van der Waals surface area contributed by atoms with Crippen LogP contribution < -0.4 is 11.3 Å². The van der Waals surface area contributed by atoms with Gasteiger partial charge < -0.3 is 5.73 Å². The molecule has 4 nitrogen and oxygen atoms in total. The number of benzene rings is 1. The molecule has 13 heavy (non-hydrogen) atoms. The van der Waals surface area contributed by atoms with Crippen LogP contribution in [0, 0.1) is 0 Å². The third-order valence-electron chi connectivity index (χ3n) is 1.69. The van der Waals surface area contributed by atoms with E-state index in [9.17, 15) is 9.59 Å². The molecule has 0 saturated heterocycles. The van der Waals surface area contributed by atoms with Crippen molar-refractivity contribution in [2.24, 2.45) is 5.73 Å². The molecule has 0 unspecified atom stereocenters. The molecule has 0 bridgehead atoms. The minimum Gasteiger partial charge on any atom is -0.350 e. The van der Waals surface area contributed by atoms with E-state index in [0.717, 1.165) is 20.2 Å². The molecule has 5 heteroatoms. The Kier molecular flexibility index (Phi) is 1.66. The Labute approximate surface area is 77.4 Å². The molecule has 1 aromatic heterocycles. The van der Waals surface area contributed by atoms with Gasteiger partial charge in [0.2, 0.25) is 0 Å². The molecule has 0 aliphatic rings. The van der Waals surface area contributed by atoms with Gasteiger partial charge in [0.05, 0.1) is 10.1 Å². The van der Waals surface area contributed by atoms with Crippen molar-refractivity contribution in [3.8, 4) is 0 Å². The third-order valence-corrected chi connectivity index (χ3v) is 2.77. The Bertz CT molecular complexity index is 526. The number of carbonyl (C=O) groups is 1. The normalized spacial score (nSPS) is 10.5. The second kappa shape index (κ2) is 2.70. The van der Waals surface area contributed by atoms with Gasteiger partial charge in [-0.3, -0.25) is 4.79 Å². The standard InChI is InChI=1S/C8H6N2O2S/c9-8(12)10-7(11)5-3-1-2-4-6(5)13-10/h1-4H,(H2,9,12). The summed E-state index contributed by atoms with van der Waals surface area (Å²) in [6.45, 7) is 0. The van der Waals surface area contributed by atoms with E-state index in [1.807, 2.05) is 6.07 Å². The number of amides is 1. The lowest BCUT2D eigenvalue weighted by molar-refractivity contribution is 0.252. The lowest BCUT2D eigenvalue weighted by atomic mass is 10.3. The van der Waals surface area contributed by atoms with Crippen LogP contribution >= 0.6 is 11.5 Å². The molecule has 0 saturated carbocycles. The fourth-order valence-electron chi connectivity index (χ4n) is 1.12. The van der Waals surface area contributed by atoms with Crippen LogP contribution in [-0.2, 0) is 0 Å². The number of primary amides is 1. The van der Waals surface area contributed by atoms with Gasteiger partial charge in [-0.15, -0.1) is 0 Å². The van der Waals surface area contributed by atoms with Gasteiger partial charge in [-0.2, -0.15) is 3.96 Å². The van der Waals surface area contributed by atoms with Crippen LogP contribution in [-0.4, -0.2) is 9.99 Å². The van der Waals surface area contributed by atoms with E-state index in [1.54, 1.807) is 18.2 Å². The monoisotopic (exact) mass is 194 g/mol. The Morgan fingerprint density at radius 3 is 2.69 bits per heavy atom. The van der Waals surface area contributed by atoms with Crippen LogP contribution in [0.1, 0.15) is 0 Å². The highest BCUT2D eigenvalue weighted by molar-refractivity contribution is 7.14. The predicted octanol–water partition coefficient (Wildman–Crippen LogP) is 0.990. The first-order valence-corrected chi connectivity index (χ1v) is 4.38. The van der Waals surface area contributed by atoms with E-state index in [1.165, 1.54) is 0 Å². The zero-order valence-corrected chi connectivity index (χ0v) is 7.38. The van der Waals surface area contributed by atoms with Crippen molar-refractivity contribution in [3.05, 3.63) is 34.6 Å². The zero-order valence-electron chi connectivity index (χ0n) is 6.56. The average molecular weight is 194 g/mol. The molecule has 0 fully saturated rings. The number of fused-ring (bicyclic) bond motifs is 1. The van der Waals surface area contributed by atoms with E-state index >= 15 is 0 Å². The van der Waals surface area contributed by atoms with Gasteiger partial charge in [0, 0.05) is 0 Å². The Morgan fingerprint density at radius 2 is 2.08 bits per heavy atom. The zero-order chi connectivity index (χ0) is 9.42. The lowest BCUT2D eigenvalue weighted by Gasteiger charge is -1.86. The van der Waals surface area contributed by atoms with E-state index < -0.39 is 6.03 Å². The summed E-state index contributed by atoms with van der Waals surface area (Å²) in [6, 6.07) is 6.28. The van der Waals surface area contributed by atoms with Crippen LogP contribution in [0.15, 0.2) is 29.1 Å². The molecule has 1 heterocycles. The summed E-state index contributed by atoms with van der Waals surface area (Å²) in [7, 11) is 0. The quantitative estimate of drug-likeness (QED) is 0.679. The van der Waals surface area contributed by atoms with Gasteiger partial charge in [0.15, 0.2) is 0 Å². The minimum absolute atomic E-state index is 0.340. The van der Waals surface area contributed by atoms with Gasteiger partial charge >= 0.3 is 6.03 Å². The van der Waals surface area contributed by atoms with E-state index in [-0.39, 0.29) is 5.56 Å². The summed E-state index contributed by atoms with van der Waals surface area (Å²) in [6.07, 6.45) is 0. The van der Waals surface area contributed by atoms with Crippen molar-refractivity contribution in [2.45, 2.75) is 0 Å². The number of carbonyl (C=O) groups excluding carboxylic acids is 1. The first kappa shape index (κ1) is 8.00. The molecule has 2 N–H and O–H groups in total. The first-order valence-electron chi connectivity index (χ1n) is 3.61. The summed E-state index contributed by atoms with van der Waals surface area (Å²) in [4.78, 5) is 22.2. The topological polar surface area (TPSA) is 65.1 Å². The summed E-state index contributed by atoms with van der Waals surface area (Å²) in [5, 5.41) is 0.534. The van der Waals surface area contributed by atoms with Gasteiger partial charge in [0.1, 0.15) is 0 Å². The highest BCUT2D eigenvalue weighted by Crippen LogP contribution is 2.14. The largest absolute Gasteiger partial charge is 0.350 e. The second-order valence-corrected chi connectivity index (χ2v) is 3.51. The molecular formula is C8H6N2O2S. The molecule has 2 rings (SSSR count). The molecule has 0 spiro atoms. The summed E-state index contributed by atoms with van der Waals surface area (Å²) in [5.74, 6) is 0. The van der Waals surface area contributed by atoms with Gasteiger partial charge in [-0.1, -0.05) is 12.1 Å². The van der Waals surface area contributed by atoms with Crippen LogP contribution in [0.25, 0.3) is 10.1 Å². The Morgan fingerprint density at radius 1 is 1.38 bits per heavy atom. The van der Waals surface area contributed by atoms with Crippen molar-refractivity contribution in [3.63, 3.8) is 0 Å². The SMILES string of the molecule is NC(=O)n1sc2ccccc2c1=O. The van der Waals surface area contributed by atoms with Crippen molar-refractivity contribution in [2.75, 3.05) is 0 Å². The van der Waals surface area contributed by atoms with Gasteiger partial charge in [-0.05, 0) is 23.7 Å². The molecule has 1 aromatic carbocycles. The molecule has 0 radical (unpaired) electrons. The van der Waals surface area contributed by atoms with Crippen molar-refractivity contribution >= 4 is 27.6 Å². The first-order chi connectivity index (χ1) is 6.20. The number of aromatic nitrogens is 1. The predicted molar refractivity (Wildman–Crippen MR) is 51.1 cm³/mol. The molecular weight excluding hydrogens is 188 g/mol. The summed E-state index contributed by atoms with van der Waals surface area (Å²) >= 11 is 1.06. The maximum atomic E-state index is 11.4. The third kappa shape index (κ3) is 1.13. The van der Waals surface area contributed by atoms with Crippen LogP contribution in [0.5, 0.6) is 0 Å². The molecule has 0 aliphatic heterocycles. The average Bonchev–Trinajstić information content (AvgIpc) is 2.45. The van der Waals surface area contributed by atoms with Gasteiger partial charge in [0.25, 0.3) is 5.56 Å². The summed E-state index contributed by atoms with van der Waals surface area (Å²) in [5.41, 5.74) is 4.67. The summed E-state index contributed by atoms with van der Waals surface area (Å²) < 4.78 is 1.72. The van der Waals surface area contributed by atoms with Crippen LogP contribution in [0.4, 0.5) is 4.79 Å². The maximum absolute atomic E-state index is 11.4.